The minimum absolute atomic E-state index is 0.0226. The number of hydrogen-bond donors (Lipinski definition) is 2. The number of aryl methyl sites for hydroxylation is 1. The number of amides is 2. The van der Waals surface area contributed by atoms with Crippen LogP contribution in [0.1, 0.15) is 17.2 Å². The molecule has 0 bridgehead atoms. The van der Waals surface area contributed by atoms with Crippen molar-refractivity contribution >= 4 is 43.5 Å². The molecule has 1 aliphatic heterocycles. The third-order valence-corrected chi connectivity index (χ3v) is 7.43. The largest absolute Gasteiger partial charge is 0.351 e. The molecule has 0 saturated heterocycles. The molecule has 3 aromatic carbocycles. The maximum absolute atomic E-state index is 13.3. The van der Waals surface area contributed by atoms with Gasteiger partial charge in [0.25, 0.3) is 11.8 Å². The zero-order valence-corrected chi connectivity index (χ0v) is 20.9. The van der Waals surface area contributed by atoms with Gasteiger partial charge in [0.2, 0.25) is 10.0 Å². The lowest BCUT2D eigenvalue weighted by Crippen LogP contribution is -2.34. The second-order valence-electron chi connectivity index (χ2n) is 7.87. The number of nitrogens with one attached hydrogen (secondary N) is 2. The number of likely N-dealkylation sites (N-methyl/N-ethyl adjacent to an activating group) is 1. The number of carbonyl (C=O) groups excluding carboxylic acids is 2. The number of hydrogen-bond acceptors (Lipinski definition) is 5. The molecule has 2 amide bonds. The Morgan fingerprint density at radius 2 is 1.47 bits per heavy atom. The molecule has 0 saturated carbocycles. The number of halogens is 1. The van der Waals surface area contributed by atoms with E-state index in [-0.39, 0.29) is 16.2 Å². The zero-order chi connectivity index (χ0) is 24.5. The summed E-state index contributed by atoms with van der Waals surface area (Å²) in [4.78, 5) is 27.3. The highest BCUT2D eigenvalue weighted by molar-refractivity contribution is 9.10. The van der Waals surface area contributed by atoms with Crippen LogP contribution in [0.2, 0.25) is 0 Å². The van der Waals surface area contributed by atoms with Crippen LogP contribution in [-0.2, 0) is 19.6 Å². The summed E-state index contributed by atoms with van der Waals surface area (Å²) >= 11 is 3.38. The van der Waals surface area contributed by atoms with Crippen LogP contribution in [0.4, 0.5) is 5.69 Å². The molecule has 9 heteroatoms. The predicted molar refractivity (Wildman–Crippen MR) is 133 cm³/mol. The number of para-hydroxylation sites is 1. The van der Waals surface area contributed by atoms with Crippen molar-refractivity contribution in [3.05, 3.63) is 106 Å². The Labute approximate surface area is 206 Å². The zero-order valence-electron chi connectivity index (χ0n) is 18.4. The third kappa shape index (κ3) is 4.82. The summed E-state index contributed by atoms with van der Waals surface area (Å²) in [5.41, 5.74) is 2.08. The molecule has 0 spiro atoms. The monoisotopic (exact) mass is 539 g/mol. The molecule has 2 N–H and O–H groups in total. The Bertz CT molecular complexity index is 1370. The lowest BCUT2D eigenvalue weighted by molar-refractivity contribution is -0.136. The quantitative estimate of drug-likeness (QED) is 0.440. The fraction of sp³-hybridized carbons (Fsp3) is 0.120. The van der Waals surface area contributed by atoms with Gasteiger partial charge in [0, 0.05) is 17.2 Å². The maximum Gasteiger partial charge on any atom is 0.277 e. The van der Waals surface area contributed by atoms with Crippen LogP contribution >= 0.6 is 15.9 Å². The number of carbonyl (C=O) groups is 2. The molecule has 174 valence electrons. The van der Waals surface area contributed by atoms with Crippen molar-refractivity contribution in [2.75, 3.05) is 12.4 Å². The van der Waals surface area contributed by atoms with Gasteiger partial charge in [-0.05, 0) is 48.9 Å². The Kier molecular flexibility index (Phi) is 6.70. The SMILES string of the molecule is Cc1ccc(S(=O)(=O)NC(C2=C(Nc3ccccc3)C(=O)N(C)C2=O)c2ccc(Br)cc2)cc1. The molecule has 1 unspecified atom stereocenters. The van der Waals surface area contributed by atoms with E-state index in [0.717, 1.165) is 14.9 Å². The fourth-order valence-electron chi connectivity index (χ4n) is 3.61. The summed E-state index contributed by atoms with van der Waals surface area (Å²) in [6, 6.07) is 21.1. The minimum Gasteiger partial charge on any atom is -0.351 e. The first-order chi connectivity index (χ1) is 16.2. The van der Waals surface area contributed by atoms with Gasteiger partial charge < -0.3 is 5.32 Å². The van der Waals surface area contributed by atoms with Crippen molar-refractivity contribution in [2.24, 2.45) is 0 Å². The van der Waals surface area contributed by atoms with Crippen LogP contribution in [0.3, 0.4) is 0 Å². The van der Waals surface area contributed by atoms with E-state index in [0.29, 0.717) is 11.3 Å². The number of nitrogens with zero attached hydrogens (tertiary/aromatic N) is 1. The van der Waals surface area contributed by atoms with Gasteiger partial charge in [-0.25, -0.2) is 8.42 Å². The summed E-state index contributed by atoms with van der Waals surface area (Å²) < 4.78 is 30.1. The maximum atomic E-state index is 13.3. The van der Waals surface area contributed by atoms with E-state index in [1.165, 1.54) is 19.2 Å². The van der Waals surface area contributed by atoms with Gasteiger partial charge in [-0.15, -0.1) is 0 Å². The van der Waals surface area contributed by atoms with Crippen molar-refractivity contribution in [3.63, 3.8) is 0 Å². The van der Waals surface area contributed by atoms with Gasteiger partial charge in [0.1, 0.15) is 5.70 Å². The van der Waals surface area contributed by atoms with Crippen LogP contribution in [0.5, 0.6) is 0 Å². The number of anilines is 1. The normalized spacial score (nSPS) is 15.1. The van der Waals surface area contributed by atoms with Gasteiger partial charge in [0.15, 0.2) is 0 Å². The molecule has 7 nitrogen and oxygen atoms in total. The topological polar surface area (TPSA) is 95.6 Å². The van der Waals surface area contributed by atoms with Gasteiger partial charge in [-0.2, -0.15) is 4.72 Å². The molecule has 1 atom stereocenters. The van der Waals surface area contributed by atoms with E-state index < -0.39 is 27.9 Å². The van der Waals surface area contributed by atoms with Crippen LogP contribution in [0.15, 0.2) is 99.5 Å². The number of imide groups is 1. The lowest BCUT2D eigenvalue weighted by atomic mass is 9.98. The summed E-state index contributed by atoms with van der Waals surface area (Å²) in [6.07, 6.45) is 0. The molecular formula is C25H22BrN3O4S. The van der Waals surface area contributed by atoms with E-state index in [1.807, 2.05) is 13.0 Å². The first-order valence-electron chi connectivity index (χ1n) is 10.4. The van der Waals surface area contributed by atoms with Crippen molar-refractivity contribution < 1.29 is 18.0 Å². The van der Waals surface area contributed by atoms with Crippen molar-refractivity contribution in [1.82, 2.24) is 9.62 Å². The molecule has 4 rings (SSSR count). The van der Waals surface area contributed by atoms with Crippen LogP contribution < -0.4 is 10.0 Å². The Balaban J connectivity index is 1.85. The summed E-state index contributed by atoms with van der Waals surface area (Å²) in [7, 11) is -2.66. The van der Waals surface area contributed by atoms with Gasteiger partial charge >= 0.3 is 0 Å². The Hall–Kier alpha value is -3.27. The van der Waals surface area contributed by atoms with Gasteiger partial charge in [-0.1, -0.05) is 64.0 Å². The number of benzene rings is 3. The first kappa shape index (κ1) is 23.9. The van der Waals surface area contributed by atoms with E-state index in [2.05, 4.69) is 26.0 Å². The second kappa shape index (κ2) is 9.54. The number of rotatable bonds is 7. The van der Waals surface area contributed by atoms with Crippen LogP contribution in [-0.4, -0.2) is 32.2 Å². The second-order valence-corrected chi connectivity index (χ2v) is 10.5. The molecule has 0 aliphatic carbocycles. The average Bonchev–Trinajstić information content (AvgIpc) is 3.02. The van der Waals surface area contributed by atoms with E-state index in [1.54, 1.807) is 60.7 Å². The molecule has 1 heterocycles. The highest BCUT2D eigenvalue weighted by Gasteiger charge is 2.42. The van der Waals surface area contributed by atoms with Crippen molar-refractivity contribution in [3.8, 4) is 0 Å². The molecule has 0 aromatic heterocycles. The highest BCUT2D eigenvalue weighted by atomic mass is 79.9. The standard InChI is InChI=1S/C25H22BrN3O4S/c1-16-8-14-20(15-9-16)34(32,33)28-22(17-10-12-18(26)13-11-17)21-23(25(31)29(2)24(21)30)27-19-6-4-3-5-7-19/h3-15,22,27-28H,1-2H3. The Morgan fingerprint density at radius 3 is 2.09 bits per heavy atom. The Morgan fingerprint density at radius 1 is 0.853 bits per heavy atom. The summed E-state index contributed by atoms with van der Waals surface area (Å²) in [5, 5.41) is 3.02. The molecule has 34 heavy (non-hydrogen) atoms. The van der Waals surface area contributed by atoms with Gasteiger partial charge in [0.05, 0.1) is 16.5 Å². The van der Waals surface area contributed by atoms with Crippen molar-refractivity contribution in [2.45, 2.75) is 17.9 Å². The van der Waals surface area contributed by atoms with Crippen LogP contribution in [0.25, 0.3) is 0 Å². The van der Waals surface area contributed by atoms with Crippen molar-refractivity contribution in [1.29, 1.82) is 0 Å². The fourth-order valence-corrected chi connectivity index (χ4v) is 5.07. The lowest BCUT2D eigenvalue weighted by Gasteiger charge is -2.21. The molecule has 1 aliphatic rings. The van der Waals surface area contributed by atoms with E-state index >= 15 is 0 Å². The summed E-state index contributed by atoms with van der Waals surface area (Å²) in [6.45, 7) is 1.86. The summed E-state index contributed by atoms with van der Waals surface area (Å²) in [5.74, 6) is -1.12. The third-order valence-electron chi connectivity index (χ3n) is 5.46. The predicted octanol–water partition coefficient (Wildman–Crippen LogP) is 4.14. The smallest absolute Gasteiger partial charge is 0.277 e. The molecule has 0 fully saturated rings. The van der Waals surface area contributed by atoms with E-state index in [4.69, 9.17) is 0 Å². The average molecular weight is 540 g/mol. The number of sulfonamides is 1. The van der Waals surface area contributed by atoms with Gasteiger partial charge in [-0.3, -0.25) is 14.5 Å². The molecule has 0 radical (unpaired) electrons. The molecular weight excluding hydrogens is 518 g/mol. The van der Waals surface area contributed by atoms with E-state index in [9.17, 15) is 18.0 Å². The van der Waals surface area contributed by atoms with Crippen LogP contribution in [0, 0.1) is 6.92 Å². The highest BCUT2D eigenvalue weighted by Crippen LogP contribution is 2.34. The minimum atomic E-state index is -4.03. The molecule has 3 aromatic rings. The first-order valence-corrected chi connectivity index (χ1v) is 12.7.